The molecule has 3 N–H and O–H groups in total. The summed E-state index contributed by atoms with van der Waals surface area (Å²) in [6.07, 6.45) is 6.26. The van der Waals surface area contributed by atoms with E-state index in [0.717, 1.165) is 43.6 Å². The first-order valence-electron chi connectivity index (χ1n) is 10.0. The fourth-order valence-electron chi connectivity index (χ4n) is 3.79. The maximum Gasteiger partial charge on any atom is 0.123 e. The molecule has 1 aliphatic rings. The second-order valence-electron chi connectivity index (χ2n) is 7.46. The summed E-state index contributed by atoms with van der Waals surface area (Å²) >= 11 is 0. The second kappa shape index (κ2) is 10.3. The van der Waals surface area contributed by atoms with Crippen LogP contribution >= 0.6 is 0 Å². The van der Waals surface area contributed by atoms with Crippen LogP contribution in [0.15, 0.2) is 54.6 Å². The standard InChI is InChI=1S/C23H32N2O/c24-16-19-10-12-20(13-11-19)17-25-15-14-22-8-4-5-9-23(22)26-18-21-6-2-1-3-7-21/h1-9,19-20,25H,10-18,24H2. The quantitative estimate of drug-likeness (QED) is 0.666. The van der Waals surface area contributed by atoms with Gasteiger partial charge in [0.25, 0.3) is 0 Å². The molecule has 3 heteroatoms. The van der Waals surface area contributed by atoms with Crippen molar-refractivity contribution in [3.8, 4) is 5.75 Å². The minimum Gasteiger partial charge on any atom is -0.489 e. The summed E-state index contributed by atoms with van der Waals surface area (Å²) in [4.78, 5) is 0. The summed E-state index contributed by atoms with van der Waals surface area (Å²) in [5.41, 5.74) is 8.27. The van der Waals surface area contributed by atoms with Gasteiger partial charge < -0.3 is 15.8 Å². The molecule has 0 spiro atoms. The molecule has 3 rings (SSSR count). The van der Waals surface area contributed by atoms with Gasteiger partial charge in [-0.1, -0.05) is 48.5 Å². The molecule has 2 aromatic rings. The van der Waals surface area contributed by atoms with E-state index in [9.17, 15) is 0 Å². The minimum atomic E-state index is 0.621. The summed E-state index contributed by atoms with van der Waals surface area (Å²) in [7, 11) is 0. The molecule has 0 bridgehead atoms. The number of nitrogens with two attached hydrogens (primary N) is 1. The van der Waals surface area contributed by atoms with Crippen molar-refractivity contribution in [3.05, 3.63) is 65.7 Å². The van der Waals surface area contributed by atoms with Crippen LogP contribution in [0.3, 0.4) is 0 Å². The third-order valence-electron chi connectivity index (χ3n) is 5.51. The Morgan fingerprint density at radius 3 is 2.35 bits per heavy atom. The van der Waals surface area contributed by atoms with Crippen LogP contribution < -0.4 is 15.8 Å². The van der Waals surface area contributed by atoms with Gasteiger partial charge in [0.1, 0.15) is 12.4 Å². The van der Waals surface area contributed by atoms with Crippen molar-refractivity contribution < 1.29 is 4.74 Å². The van der Waals surface area contributed by atoms with Gasteiger partial charge in [0.05, 0.1) is 0 Å². The number of para-hydroxylation sites is 1. The maximum atomic E-state index is 6.05. The Bertz CT molecular complexity index is 636. The average molecular weight is 353 g/mol. The Kier molecular flexibility index (Phi) is 7.53. The molecule has 140 valence electrons. The predicted molar refractivity (Wildman–Crippen MR) is 108 cm³/mol. The van der Waals surface area contributed by atoms with E-state index >= 15 is 0 Å². The lowest BCUT2D eigenvalue weighted by molar-refractivity contribution is 0.272. The van der Waals surface area contributed by atoms with Gasteiger partial charge >= 0.3 is 0 Å². The van der Waals surface area contributed by atoms with Crippen molar-refractivity contribution in [2.75, 3.05) is 19.6 Å². The molecular weight excluding hydrogens is 320 g/mol. The number of rotatable bonds is 9. The van der Waals surface area contributed by atoms with Crippen molar-refractivity contribution in [2.45, 2.75) is 38.7 Å². The lowest BCUT2D eigenvalue weighted by Gasteiger charge is -2.27. The molecule has 2 aromatic carbocycles. The summed E-state index contributed by atoms with van der Waals surface area (Å²) < 4.78 is 6.05. The Labute approximate surface area is 158 Å². The Morgan fingerprint density at radius 2 is 1.58 bits per heavy atom. The highest BCUT2D eigenvalue weighted by atomic mass is 16.5. The number of nitrogens with one attached hydrogen (secondary N) is 1. The Morgan fingerprint density at radius 1 is 0.885 bits per heavy atom. The topological polar surface area (TPSA) is 47.3 Å². The molecule has 0 aromatic heterocycles. The van der Waals surface area contributed by atoms with Gasteiger partial charge in [-0.05, 0) is 80.8 Å². The largest absolute Gasteiger partial charge is 0.489 e. The van der Waals surface area contributed by atoms with E-state index in [-0.39, 0.29) is 0 Å². The highest BCUT2D eigenvalue weighted by Crippen LogP contribution is 2.27. The molecule has 0 heterocycles. The lowest BCUT2D eigenvalue weighted by Crippen LogP contribution is -2.29. The average Bonchev–Trinajstić information content (AvgIpc) is 2.71. The van der Waals surface area contributed by atoms with Crippen LogP contribution in [0.5, 0.6) is 5.75 Å². The van der Waals surface area contributed by atoms with Gasteiger partial charge in [0.15, 0.2) is 0 Å². The first kappa shape index (κ1) is 18.9. The van der Waals surface area contributed by atoms with E-state index in [1.807, 2.05) is 12.1 Å². The van der Waals surface area contributed by atoms with Crippen molar-refractivity contribution in [3.63, 3.8) is 0 Å². The first-order chi connectivity index (χ1) is 12.8. The van der Waals surface area contributed by atoms with Crippen LogP contribution in [0.4, 0.5) is 0 Å². The number of ether oxygens (including phenoxy) is 1. The van der Waals surface area contributed by atoms with E-state index in [4.69, 9.17) is 10.5 Å². The minimum absolute atomic E-state index is 0.621. The molecule has 0 amide bonds. The van der Waals surface area contributed by atoms with Crippen LogP contribution in [0.1, 0.15) is 36.8 Å². The first-order valence-corrected chi connectivity index (χ1v) is 10.0. The molecule has 1 saturated carbocycles. The van der Waals surface area contributed by atoms with E-state index in [1.165, 1.54) is 36.8 Å². The fraction of sp³-hybridized carbons (Fsp3) is 0.478. The number of benzene rings is 2. The van der Waals surface area contributed by atoms with Crippen LogP contribution in [-0.4, -0.2) is 19.6 Å². The lowest BCUT2D eigenvalue weighted by atomic mass is 9.82. The summed E-state index contributed by atoms with van der Waals surface area (Å²) in [6, 6.07) is 18.7. The molecule has 0 saturated heterocycles. The summed E-state index contributed by atoms with van der Waals surface area (Å²) in [5.74, 6) is 2.59. The van der Waals surface area contributed by atoms with Gasteiger partial charge in [-0.2, -0.15) is 0 Å². The predicted octanol–water partition coefficient (Wildman–Crippen LogP) is 4.16. The van der Waals surface area contributed by atoms with Gasteiger partial charge in [-0.3, -0.25) is 0 Å². The second-order valence-corrected chi connectivity index (χ2v) is 7.46. The molecule has 3 nitrogen and oxygen atoms in total. The van der Waals surface area contributed by atoms with E-state index < -0.39 is 0 Å². The fourth-order valence-corrected chi connectivity index (χ4v) is 3.79. The Hall–Kier alpha value is -1.84. The van der Waals surface area contributed by atoms with Crippen molar-refractivity contribution in [2.24, 2.45) is 17.6 Å². The summed E-state index contributed by atoms with van der Waals surface area (Å²) in [6.45, 7) is 3.61. The van der Waals surface area contributed by atoms with Crippen LogP contribution in [0.25, 0.3) is 0 Å². The van der Waals surface area contributed by atoms with Crippen LogP contribution in [-0.2, 0) is 13.0 Å². The monoisotopic (exact) mass is 352 g/mol. The highest BCUT2D eigenvalue weighted by Gasteiger charge is 2.19. The smallest absolute Gasteiger partial charge is 0.123 e. The zero-order valence-corrected chi connectivity index (χ0v) is 15.7. The highest BCUT2D eigenvalue weighted by molar-refractivity contribution is 5.33. The normalized spacial score (nSPS) is 20.0. The van der Waals surface area contributed by atoms with E-state index in [2.05, 4.69) is 47.8 Å². The number of hydrogen-bond acceptors (Lipinski definition) is 3. The van der Waals surface area contributed by atoms with Crippen LogP contribution in [0, 0.1) is 11.8 Å². The zero-order chi connectivity index (χ0) is 18.0. The molecular formula is C23H32N2O. The maximum absolute atomic E-state index is 6.05. The third kappa shape index (κ3) is 5.86. The number of hydrogen-bond donors (Lipinski definition) is 2. The van der Waals surface area contributed by atoms with Gasteiger partial charge in [0.2, 0.25) is 0 Å². The molecule has 1 fully saturated rings. The van der Waals surface area contributed by atoms with Crippen molar-refractivity contribution in [1.29, 1.82) is 0 Å². The van der Waals surface area contributed by atoms with Gasteiger partial charge in [-0.25, -0.2) is 0 Å². The van der Waals surface area contributed by atoms with Gasteiger partial charge in [-0.15, -0.1) is 0 Å². The SMILES string of the molecule is NCC1CCC(CNCCc2ccccc2OCc2ccccc2)CC1. The molecule has 0 atom stereocenters. The molecule has 26 heavy (non-hydrogen) atoms. The van der Waals surface area contributed by atoms with E-state index in [1.54, 1.807) is 0 Å². The molecule has 0 aliphatic heterocycles. The van der Waals surface area contributed by atoms with Gasteiger partial charge in [0, 0.05) is 0 Å². The summed E-state index contributed by atoms with van der Waals surface area (Å²) in [5, 5.41) is 3.65. The Balaban J connectivity index is 1.41. The van der Waals surface area contributed by atoms with Crippen LogP contribution in [0.2, 0.25) is 0 Å². The molecule has 1 aliphatic carbocycles. The molecule has 0 unspecified atom stereocenters. The van der Waals surface area contributed by atoms with Crippen molar-refractivity contribution in [1.82, 2.24) is 5.32 Å². The van der Waals surface area contributed by atoms with Crippen molar-refractivity contribution >= 4 is 0 Å². The molecule has 0 radical (unpaired) electrons. The van der Waals surface area contributed by atoms with E-state index in [0.29, 0.717) is 6.61 Å². The third-order valence-corrected chi connectivity index (χ3v) is 5.51. The zero-order valence-electron chi connectivity index (χ0n) is 15.7.